The first kappa shape index (κ1) is 18.5. The molecule has 0 saturated heterocycles. The Balaban J connectivity index is 1.79. The van der Waals surface area contributed by atoms with Crippen molar-refractivity contribution in [1.82, 2.24) is 19.7 Å². The van der Waals surface area contributed by atoms with Crippen LogP contribution in [0.15, 0.2) is 66.6 Å². The van der Waals surface area contributed by atoms with E-state index >= 15 is 0 Å². The molecule has 0 unspecified atom stereocenters. The molecule has 0 atom stereocenters. The highest BCUT2D eigenvalue weighted by Gasteiger charge is 2.16. The molecular formula is C18H15N5O3S. The molecule has 0 aliphatic heterocycles. The van der Waals surface area contributed by atoms with Crippen LogP contribution in [-0.2, 0) is 6.54 Å². The van der Waals surface area contributed by atoms with Gasteiger partial charge in [-0.15, -0.1) is 16.8 Å². The number of benzene rings is 1. The number of Topliss-reactive ketones (excluding diaryl/α,β-unsaturated/α-hetero) is 1. The Kier molecular flexibility index (Phi) is 5.72. The molecule has 3 aromatic rings. The fraction of sp³-hybridized carbons (Fsp3) is 0.111. The highest BCUT2D eigenvalue weighted by atomic mass is 32.2. The minimum absolute atomic E-state index is 0.0901. The summed E-state index contributed by atoms with van der Waals surface area (Å²) in [4.78, 5) is 26.7. The zero-order valence-corrected chi connectivity index (χ0v) is 15.0. The van der Waals surface area contributed by atoms with Gasteiger partial charge in [0, 0.05) is 42.2 Å². The zero-order chi connectivity index (χ0) is 19.2. The van der Waals surface area contributed by atoms with Crippen LogP contribution in [0.25, 0.3) is 11.4 Å². The van der Waals surface area contributed by atoms with Crippen LogP contribution in [0.3, 0.4) is 0 Å². The zero-order valence-electron chi connectivity index (χ0n) is 14.2. The van der Waals surface area contributed by atoms with Gasteiger partial charge >= 0.3 is 0 Å². The maximum Gasteiger partial charge on any atom is 0.270 e. The van der Waals surface area contributed by atoms with Crippen LogP contribution in [0, 0.1) is 10.1 Å². The number of non-ortho nitro benzene ring substituents is 1. The average molecular weight is 381 g/mol. The molecule has 3 rings (SSSR count). The summed E-state index contributed by atoms with van der Waals surface area (Å²) in [5.41, 5.74) is 1.04. The Labute approximate surface area is 159 Å². The Hall–Kier alpha value is -3.33. The Bertz CT molecular complexity index is 988. The molecule has 0 spiro atoms. The van der Waals surface area contributed by atoms with Gasteiger partial charge in [-0.1, -0.05) is 30.0 Å². The third-order valence-corrected chi connectivity index (χ3v) is 4.65. The van der Waals surface area contributed by atoms with Gasteiger partial charge in [0.1, 0.15) is 0 Å². The Morgan fingerprint density at radius 2 is 2.04 bits per heavy atom. The molecule has 0 amide bonds. The first-order chi connectivity index (χ1) is 13.1. The second kappa shape index (κ2) is 8.37. The number of allylic oxidation sites excluding steroid dienone is 1. The number of pyridine rings is 1. The van der Waals surface area contributed by atoms with E-state index < -0.39 is 4.92 Å². The van der Waals surface area contributed by atoms with E-state index in [1.807, 2.05) is 16.7 Å². The summed E-state index contributed by atoms with van der Waals surface area (Å²) in [6.07, 6.45) is 5.06. The standard InChI is InChI=1S/C18H15N5O3S/c1-2-10-22-17(13-6-8-19-9-7-13)20-21-18(22)27-12-16(24)14-4-3-5-15(11-14)23(25)26/h2-9,11H,1,10,12H2. The quantitative estimate of drug-likeness (QED) is 0.194. The molecule has 0 fully saturated rings. The van der Waals surface area contributed by atoms with Crippen LogP contribution in [0.4, 0.5) is 5.69 Å². The van der Waals surface area contributed by atoms with Gasteiger partial charge in [0.15, 0.2) is 16.8 Å². The fourth-order valence-corrected chi connectivity index (χ4v) is 3.25. The summed E-state index contributed by atoms with van der Waals surface area (Å²) in [5.74, 6) is 0.525. The van der Waals surface area contributed by atoms with Crippen molar-refractivity contribution in [2.75, 3.05) is 5.75 Å². The van der Waals surface area contributed by atoms with Crippen molar-refractivity contribution >= 4 is 23.2 Å². The van der Waals surface area contributed by atoms with Crippen molar-refractivity contribution in [2.45, 2.75) is 11.7 Å². The van der Waals surface area contributed by atoms with E-state index in [2.05, 4.69) is 21.8 Å². The Morgan fingerprint density at radius 3 is 2.74 bits per heavy atom. The van der Waals surface area contributed by atoms with Gasteiger partial charge in [-0.25, -0.2) is 0 Å². The van der Waals surface area contributed by atoms with Gasteiger partial charge in [-0.3, -0.25) is 24.5 Å². The van der Waals surface area contributed by atoms with Gasteiger partial charge in [0.2, 0.25) is 0 Å². The fourth-order valence-electron chi connectivity index (χ4n) is 2.41. The minimum atomic E-state index is -0.522. The van der Waals surface area contributed by atoms with E-state index in [-0.39, 0.29) is 17.2 Å². The highest BCUT2D eigenvalue weighted by Crippen LogP contribution is 2.25. The van der Waals surface area contributed by atoms with Crippen molar-refractivity contribution in [3.05, 3.63) is 77.1 Å². The predicted molar refractivity (Wildman–Crippen MR) is 102 cm³/mol. The molecule has 0 aliphatic rings. The topological polar surface area (TPSA) is 104 Å². The molecule has 0 saturated carbocycles. The lowest BCUT2D eigenvalue weighted by Crippen LogP contribution is -2.06. The van der Waals surface area contributed by atoms with Crippen LogP contribution in [-0.4, -0.2) is 36.2 Å². The van der Waals surface area contributed by atoms with E-state index in [0.717, 1.165) is 5.56 Å². The van der Waals surface area contributed by atoms with E-state index in [4.69, 9.17) is 0 Å². The van der Waals surface area contributed by atoms with Crippen molar-refractivity contribution in [2.24, 2.45) is 0 Å². The summed E-state index contributed by atoms with van der Waals surface area (Å²) < 4.78 is 1.85. The van der Waals surface area contributed by atoms with E-state index in [1.165, 1.54) is 30.0 Å². The molecule has 1 aromatic carbocycles. The van der Waals surface area contributed by atoms with Crippen molar-refractivity contribution in [1.29, 1.82) is 0 Å². The number of nitro benzene ring substituents is 1. The lowest BCUT2D eigenvalue weighted by Gasteiger charge is -2.07. The number of nitrogens with zero attached hydrogens (tertiary/aromatic N) is 5. The minimum Gasteiger partial charge on any atom is -0.298 e. The summed E-state index contributed by atoms with van der Waals surface area (Å²) in [6, 6.07) is 9.34. The van der Waals surface area contributed by atoms with Crippen LogP contribution < -0.4 is 0 Å². The number of thioether (sulfide) groups is 1. The lowest BCUT2D eigenvalue weighted by atomic mass is 10.1. The smallest absolute Gasteiger partial charge is 0.270 e. The van der Waals surface area contributed by atoms with Gasteiger partial charge < -0.3 is 0 Å². The number of nitro groups is 1. The van der Waals surface area contributed by atoms with Crippen LogP contribution in [0.1, 0.15) is 10.4 Å². The number of rotatable bonds is 8. The molecule has 27 heavy (non-hydrogen) atoms. The molecular weight excluding hydrogens is 366 g/mol. The van der Waals surface area contributed by atoms with Gasteiger partial charge in [-0.2, -0.15) is 0 Å². The van der Waals surface area contributed by atoms with Crippen LogP contribution in [0.5, 0.6) is 0 Å². The maximum atomic E-state index is 12.4. The number of ketones is 1. The third kappa shape index (κ3) is 4.26. The van der Waals surface area contributed by atoms with Gasteiger partial charge in [0.05, 0.1) is 10.7 Å². The van der Waals surface area contributed by atoms with Gasteiger partial charge in [0.25, 0.3) is 5.69 Å². The molecule has 0 bridgehead atoms. The molecule has 9 heteroatoms. The molecule has 136 valence electrons. The number of carbonyl (C=O) groups excluding carboxylic acids is 1. The predicted octanol–water partition coefficient (Wildman–Crippen LogP) is 3.41. The summed E-state index contributed by atoms with van der Waals surface area (Å²) in [7, 11) is 0. The number of carbonyl (C=O) groups is 1. The number of hydrogen-bond donors (Lipinski definition) is 0. The largest absolute Gasteiger partial charge is 0.298 e. The Morgan fingerprint density at radius 1 is 1.26 bits per heavy atom. The average Bonchev–Trinajstić information content (AvgIpc) is 3.10. The van der Waals surface area contributed by atoms with Crippen LogP contribution in [0.2, 0.25) is 0 Å². The molecule has 0 radical (unpaired) electrons. The highest BCUT2D eigenvalue weighted by molar-refractivity contribution is 7.99. The first-order valence-electron chi connectivity index (χ1n) is 7.95. The van der Waals surface area contributed by atoms with Crippen molar-refractivity contribution in [3.8, 4) is 11.4 Å². The molecule has 8 nitrogen and oxygen atoms in total. The van der Waals surface area contributed by atoms with Crippen molar-refractivity contribution < 1.29 is 9.72 Å². The van der Waals surface area contributed by atoms with E-state index in [1.54, 1.807) is 24.5 Å². The van der Waals surface area contributed by atoms with Gasteiger partial charge in [-0.05, 0) is 12.1 Å². The normalized spacial score (nSPS) is 10.5. The molecule has 0 aliphatic carbocycles. The van der Waals surface area contributed by atoms with Crippen LogP contribution >= 0.6 is 11.8 Å². The molecule has 2 heterocycles. The summed E-state index contributed by atoms with van der Waals surface area (Å²) >= 11 is 1.23. The second-order valence-electron chi connectivity index (χ2n) is 5.46. The van der Waals surface area contributed by atoms with E-state index in [0.29, 0.717) is 23.1 Å². The number of hydrogen-bond acceptors (Lipinski definition) is 7. The molecule has 2 aromatic heterocycles. The lowest BCUT2D eigenvalue weighted by molar-refractivity contribution is -0.384. The van der Waals surface area contributed by atoms with Crippen molar-refractivity contribution in [3.63, 3.8) is 0 Å². The SMILES string of the molecule is C=CCn1c(SCC(=O)c2cccc([N+](=O)[O-])c2)nnc1-c1ccncc1. The maximum absolute atomic E-state index is 12.4. The monoisotopic (exact) mass is 381 g/mol. The summed E-state index contributed by atoms with van der Waals surface area (Å²) in [5, 5.41) is 19.8. The molecule has 0 N–H and O–H groups in total. The second-order valence-corrected chi connectivity index (χ2v) is 6.40. The first-order valence-corrected chi connectivity index (χ1v) is 8.93. The summed E-state index contributed by atoms with van der Waals surface area (Å²) in [6.45, 7) is 4.24. The third-order valence-electron chi connectivity index (χ3n) is 3.68. The number of aromatic nitrogens is 4. The van der Waals surface area contributed by atoms with E-state index in [9.17, 15) is 14.9 Å².